The molecule has 0 atom stereocenters. The quantitative estimate of drug-likeness (QED) is 0.535. The molecule has 2 aromatic heterocycles. The number of hydrogen-bond acceptors (Lipinski definition) is 4. The van der Waals surface area contributed by atoms with Crippen LogP contribution in [-0.4, -0.2) is 34.8 Å². The molecule has 0 aliphatic heterocycles. The molecule has 2 aromatic carbocycles. The van der Waals surface area contributed by atoms with Crippen molar-refractivity contribution in [1.82, 2.24) is 20.1 Å². The van der Waals surface area contributed by atoms with Gasteiger partial charge >= 0.3 is 0 Å². The molecule has 6 heteroatoms. The van der Waals surface area contributed by atoms with Crippen molar-refractivity contribution in [3.63, 3.8) is 0 Å². The second kappa shape index (κ2) is 8.61. The smallest absolute Gasteiger partial charge is 0.251 e. The summed E-state index contributed by atoms with van der Waals surface area (Å²) in [6.45, 7) is 0.434. The average molecular weight is 397 g/mol. The van der Waals surface area contributed by atoms with Gasteiger partial charge in [0, 0.05) is 38.0 Å². The Kier molecular flexibility index (Phi) is 5.57. The van der Waals surface area contributed by atoms with Gasteiger partial charge in [0.15, 0.2) is 0 Å². The van der Waals surface area contributed by atoms with Gasteiger partial charge in [-0.05, 0) is 42.0 Å². The molecule has 0 saturated heterocycles. The average Bonchev–Trinajstić information content (AvgIpc) is 3.28. The lowest BCUT2D eigenvalue weighted by molar-refractivity contribution is 0.0951. The van der Waals surface area contributed by atoms with Gasteiger partial charge in [-0.15, -0.1) is 0 Å². The van der Waals surface area contributed by atoms with Gasteiger partial charge in [-0.25, -0.2) is 9.67 Å². The minimum absolute atomic E-state index is 0.131. The molecule has 0 aliphatic carbocycles. The van der Waals surface area contributed by atoms with E-state index in [9.17, 15) is 4.79 Å². The van der Waals surface area contributed by atoms with E-state index in [0.29, 0.717) is 12.1 Å². The molecule has 6 nitrogen and oxygen atoms in total. The van der Waals surface area contributed by atoms with Crippen LogP contribution in [0.5, 0.6) is 0 Å². The van der Waals surface area contributed by atoms with Crippen LogP contribution >= 0.6 is 0 Å². The minimum Gasteiger partial charge on any atom is -0.363 e. The van der Waals surface area contributed by atoms with Crippen LogP contribution in [0.4, 0.5) is 5.82 Å². The van der Waals surface area contributed by atoms with Gasteiger partial charge in [-0.3, -0.25) is 4.79 Å². The first-order chi connectivity index (χ1) is 14.6. The van der Waals surface area contributed by atoms with Crippen LogP contribution in [0, 0.1) is 0 Å². The summed E-state index contributed by atoms with van der Waals surface area (Å²) in [6, 6.07) is 23.4. The summed E-state index contributed by atoms with van der Waals surface area (Å²) in [5.74, 6) is 0.726. The molecule has 0 bridgehead atoms. The van der Waals surface area contributed by atoms with Crippen molar-refractivity contribution < 1.29 is 4.79 Å². The maximum atomic E-state index is 12.7. The fourth-order valence-corrected chi connectivity index (χ4v) is 3.21. The normalized spacial score (nSPS) is 10.6. The highest BCUT2D eigenvalue weighted by molar-refractivity contribution is 5.94. The van der Waals surface area contributed by atoms with Gasteiger partial charge in [0.05, 0.1) is 17.6 Å². The van der Waals surface area contributed by atoms with Crippen molar-refractivity contribution in [2.24, 2.45) is 0 Å². The molecule has 2 heterocycles. The molecule has 0 spiro atoms. The third kappa shape index (κ3) is 4.22. The standard InChI is InChI=1S/C24H23N5O/c1-28(2)23-15-18(11-13-25-23)17-26-24(30)20-9-6-10-21(16-20)29-22(12-14-27-29)19-7-4-3-5-8-19/h3-16H,17H2,1-2H3,(H,26,30). The molecule has 0 saturated carbocycles. The maximum Gasteiger partial charge on any atom is 0.251 e. The number of nitrogens with one attached hydrogen (secondary N) is 1. The lowest BCUT2D eigenvalue weighted by Gasteiger charge is -2.13. The Morgan fingerprint density at radius 1 is 0.967 bits per heavy atom. The SMILES string of the molecule is CN(C)c1cc(CNC(=O)c2cccc(-n3nccc3-c3ccccc3)c2)ccn1. The van der Waals surface area contributed by atoms with Gasteiger partial charge in [-0.2, -0.15) is 5.10 Å². The van der Waals surface area contributed by atoms with Crippen LogP contribution in [0.2, 0.25) is 0 Å². The van der Waals surface area contributed by atoms with Crippen molar-refractivity contribution in [2.75, 3.05) is 19.0 Å². The van der Waals surface area contributed by atoms with E-state index < -0.39 is 0 Å². The van der Waals surface area contributed by atoms with Gasteiger partial charge in [0.2, 0.25) is 0 Å². The minimum atomic E-state index is -0.131. The summed E-state index contributed by atoms with van der Waals surface area (Å²) in [6.07, 6.45) is 3.51. The zero-order chi connectivity index (χ0) is 20.9. The molecule has 4 rings (SSSR count). The Bertz CT molecular complexity index is 1150. The van der Waals surface area contributed by atoms with Crippen LogP contribution in [0.15, 0.2) is 85.2 Å². The summed E-state index contributed by atoms with van der Waals surface area (Å²) >= 11 is 0. The molecule has 4 aromatic rings. The molecule has 0 aliphatic rings. The van der Waals surface area contributed by atoms with E-state index in [4.69, 9.17) is 0 Å². The topological polar surface area (TPSA) is 63.1 Å². The van der Waals surface area contributed by atoms with Gasteiger partial charge in [-0.1, -0.05) is 36.4 Å². The van der Waals surface area contributed by atoms with Crippen LogP contribution in [0.3, 0.4) is 0 Å². The molecule has 1 amide bonds. The number of amides is 1. The Balaban J connectivity index is 1.52. The zero-order valence-electron chi connectivity index (χ0n) is 17.0. The first kappa shape index (κ1) is 19.4. The highest BCUT2D eigenvalue weighted by Crippen LogP contribution is 2.22. The fourth-order valence-electron chi connectivity index (χ4n) is 3.21. The number of carbonyl (C=O) groups is 1. The lowest BCUT2D eigenvalue weighted by Crippen LogP contribution is -2.23. The van der Waals surface area contributed by atoms with Gasteiger partial charge in [0.25, 0.3) is 5.91 Å². The fraction of sp³-hybridized carbons (Fsp3) is 0.125. The number of nitrogens with zero attached hydrogens (tertiary/aromatic N) is 4. The van der Waals surface area contributed by atoms with E-state index in [-0.39, 0.29) is 5.91 Å². The van der Waals surface area contributed by atoms with Crippen molar-refractivity contribution in [3.8, 4) is 16.9 Å². The molecule has 0 unspecified atom stereocenters. The summed E-state index contributed by atoms with van der Waals surface area (Å²) in [4.78, 5) is 19.0. The molecule has 0 fully saturated rings. The maximum absolute atomic E-state index is 12.7. The van der Waals surface area contributed by atoms with Crippen LogP contribution in [0.1, 0.15) is 15.9 Å². The third-order valence-corrected chi connectivity index (χ3v) is 4.79. The van der Waals surface area contributed by atoms with Crippen LogP contribution in [0.25, 0.3) is 16.9 Å². The molecule has 1 N–H and O–H groups in total. The molecule has 30 heavy (non-hydrogen) atoms. The van der Waals surface area contributed by atoms with E-state index in [0.717, 1.165) is 28.3 Å². The number of benzene rings is 2. The number of rotatable bonds is 6. The van der Waals surface area contributed by atoms with E-state index in [2.05, 4.69) is 15.4 Å². The largest absolute Gasteiger partial charge is 0.363 e. The third-order valence-electron chi connectivity index (χ3n) is 4.79. The van der Waals surface area contributed by atoms with Crippen molar-refractivity contribution in [3.05, 3.63) is 96.3 Å². The van der Waals surface area contributed by atoms with Gasteiger partial charge in [0.1, 0.15) is 5.82 Å². The Hall–Kier alpha value is -3.93. The lowest BCUT2D eigenvalue weighted by atomic mass is 10.1. The molecular formula is C24H23N5O. The Morgan fingerprint density at radius 3 is 2.60 bits per heavy atom. The second-order valence-electron chi connectivity index (χ2n) is 7.14. The van der Waals surface area contributed by atoms with Crippen LogP contribution < -0.4 is 10.2 Å². The van der Waals surface area contributed by atoms with Crippen molar-refractivity contribution >= 4 is 11.7 Å². The molecule has 0 radical (unpaired) electrons. The second-order valence-corrected chi connectivity index (χ2v) is 7.14. The Labute approximate surface area is 175 Å². The number of carbonyl (C=O) groups excluding carboxylic acids is 1. The van der Waals surface area contributed by atoms with Crippen LogP contribution in [-0.2, 0) is 6.54 Å². The molecule has 150 valence electrons. The highest BCUT2D eigenvalue weighted by atomic mass is 16.1. The summed E-state index contributed by atoms with van der Waals surface area (Å²) < 4.78 is 1.85. The van der Waals surface area contributed by atoms with Gasteiger partial charge < -0.3 is 10.2 Å². The number of anilines is 1. The molecular weight excluding hydrogens is 374 g/mol. The Morgan fingerprint density at radius 2 is 1.80 bits per heavy atom. The van der Waals surface area contributed by atoms with E-state index >= 15 is 0 Å². The summed E-state index contributed by atoms with van der Waals surface area (Å²) in [5, 5.41) is 7.44. The number of aromatic nitrogens is 3. The summed E-state index contributed by atoms with van der Waals surface area (Å²) in [5.41, 5.74) is 4.46. The zero-order valence-corrected chi connectivity index (χ0v) is 17.0. The number of pyridine rings is 1. The first-order valence-electron chi connectivity index (χ1n) is 9.72. The van der Waals surface area contributed by atoms with E-state index in [1.165, 1.54) is 0 Å². The summed E-state index contributed by atoms with van der Waals surface area (Å²) in [7, 11) is 3.88. The first-order valence-corrected chi connectivity index (χ1v) is 9.72. The van der Waals surface area contributed by atoms with E-state index in [1.807, 2.05) is 96.5 Å². The predicted molar refractivity (Wildman–Crippen MR) is 119 cm³/mol. The van der Waals surface area contributed by atoms with E-state index in [1.54, 1.807) is 12.4 Å². The predicted octanol–water partition coefficient (Wildman–Crippen LogP) is 3.93. The number of hydrogen-bond donors (Lipinski definition) is 1. The van der Waals surface area contributed by atoms with Crippen molar-refractivity contribution in [2.45, 2.75) is 6.54 Å². The highest BCUT2D eigenvalue weighted by Gasteiger charge is 2.11. The monoisotopic (exact) mass is 397 g/mol. The van der Waals surface area contributed by atoms with Crippen molar-refractivity contribution in [1.29, 1.82) is 0 Å².